The maximum absolute atomic E-state index is 13.2. The molecular formula is C13H7F3IN. The van der Waals surface area contributed by atoms with Gasteiger partial charge in [-0.2, -0.15) is 13.2 Å². The number of benzene rings is 1. The molecule has 0 N–H and O–H groups in total. The van der Waals surface area contributed by atoms with Gasteiger partial charge in [-0.3, -0.25) is 4.99 Å². The summed E-state index contributed by atoms with van der Waals surface area (Å²) in [6.45, 7) is 0. The first-order valence-electron chi connectivity index (χ1n) is 5.33. The lowest BCUT2D eigenvalue weighted by atomic mass is 9.91. The van der Waals surface area contributed by atoms with Crippen molar-refractivity contribution in [1.29, 1.82) is 0 Å². The Morgan fingerprint density at radius 1 is 1.17 bits per heavy atom. The van der Waals surface area contributed by atoms with Gasteiger partial charge in [-0.25, -0.2) is 0 Å². The van der Waals surface area contributed by atoms with Gasteiger partial charge >= 0.3 is 6.18 Å². The molecule has 0 fully saturated rings. The van der Waals surface area contributed by atoms with E-state index >= 15 is 0 Å². The summed E-state index contributed by atoms with van der Waals surface area (Å²) < 4.78 is 39.8. The molecule has 2 aliphatic rings. The molecule has 0 amide bonds. The van der Waals surface area contributed by atoms with Gasteiger partial charge in [0.2, 0.25) is 0 Å². The minimum absolute atomic E-state index is 0.255. The maximum atomic E-state index is 13.2. The van der Waals surface area contributed by atoms with Crippen molar-refractivity contribution in [1.82, 2.24) is 0 Å². The normalized spacial score (nSPS) is 18.2. The average Bonchev–Trinajstić information content (AvgIpc) is 2.66. The molecule has 1 aromatic carbocycles. The van der Waals surface area contributed by atoms with E-state index in [4.69, 9.17) is 0 Å². The molecule has 0 saturated carbocycles. The molecule has 0 atom stereocenters. The molecule has 1 aromatic rings. The summed E-state index contributed by atoms with van der Waals surface area (Å²) in [5.41, 5.74) is 1.43. The molecule has 0 spiro atoms. The van der Waals surface area contributed by atoms with Crippen LogP contribution >= 0.6 is 22.6 Å². The topological polar surface area (TPSA) is 12.4 Å². The molecular weight excluding hydrogens is 354 g/mol. The van der Waals surface area contributed by atoms with Gasteiger partial charge in [0.1, 0.15) is 0 Å². The second-order valence-electron chi connectivity index (χ2n) is 4.08. The van der Waals surface area contributed by atoms with Gasteiger partial charge in [-0.1, -0.05) is 24.3 Å². The van der Waals surface area contributed by atoms with E-state index in [1.807, 2.05) is 0 Å². The van der Waals surface area contributed by atoms with Crippen LogP contribution in [0, 0.1) is 0 Å². The summed E-state index contributed by atoms with van der Waals surface area (Å²) in [6.07, 6.45) is -2.31. The first-order valence-corrected chi connectivity index (χ1v) is 6.41. The predicted octanol–water partition coefficient (Wildman–Crippen LogP) is 4.81. The molecule has 1 aliphatic heterocycles. The molecule has 0 radical (unpaired) electrons. The monoisotopic (exact) mass is 361 g/mol. The minimum Gasteiger partial charge on any atom is -0.252 e. The average molecular weight is 361 g/mol. The lowest BCUT2D eigenvalue weighted by Crippen LogP contribution is -2.19. The van der Waals surface area contributed by atoms with Gasteiger partial charge < -0.3 is 0 Å². The van der Waals surface area contributed by atoms with Crippen molar-refractivity contribution in [3.8, 4) is 0 Å². The standard InChI is InChI=1S/C13H7F3IN/c14-13(15,16)12-8(17)5-6-10-11(12)7-3-1-2-4-9(7)18-10/h1-5H,6H2. The van der Waals surface area contributed by atoms with E-state index < -0.39 is 11.7 Å². The molecule has 0 bridgehead atoms. The fraction of sp³-hybridized carbons (Fsp3) is 0.154. The Hall–Kier alpha value is -1.11. The van der Waals surface area contributed by atoms with E-state index in [9.17, 15) is 13.2 Å². The highest BCUT2D eigenvalue weighted by Gasteiger charge is 2.42. The number of hydrogen-bond acceptors (Lipinski definition) is 1. The second-order valence-corrected chi connectivity index (χ2v) is 5.24. The number of rotatable bonds is 0. The van der Waals surface area contributed by atoms with E-state index in [0.29, 0.717) is 23.4 Å². The van der Waals surface area contributed by atoms with Crippen LogP contribution in [0.1, 0.15) is 12.0 Å². The van der Waals surface area contributed by atoms with Gasteiger partial charge in [0.25, 0.3) is 0 Å². The molecule has 1 aliphatic carbocycles. The van der Waals surface area contributed by atoms with E-state index in [1.54, 1.807) is 52.9 Å². The fourth-order valence-electron chi connectivity index (χ4n) is 2.25. The van der Waals surface area contributed by atoms with Gasteiger partial charge in [-0.05, 0) is 28.7 Å². The number of alkyl halides is 3. The molecule has 92 valence electrons. The van der Waals surface area contributed by atoms with Crippen LogP contribution in [0.3, 0.4) is 0 Å². The molecule has 18 heavy (non-hydrogen) atoms. The van der Waals surface area contributed by atoms with Crippen LogP contribution in [0.15, 0.2) is 44.5 Å². The SMILES string of the molecule is FC(F)(F)C1=C2C(=Nc3ccccc32)CC=C1I. The van der Waals surface area contributed by atoms with Crippen LogP contribution in [0.25, 0.3) is 5.57 Å². The Morgan fingerprint density at radius 3 is 2.61 bits per heavy atom. The highest BCUT2D eigenvalue weighted by Crippen LogP contribution is 2.48. The highest BCUT2D eigenvalue weighted by atomic mass is 127. The largest absolute Gasteiger partial charge is 0.418 e. The summed E-state index contributed by atoms with van der Waals surface area (Å²) in [5.74, 6) is 0. The first-order chi connectivity index (χ1) is 8.48. The van der Waals surface area contributed by atoms with Crippen LogP contribution in [0.2, 0.25) is 0 Å². The minimum atomic E-state index is -4.35. The zero-order chi connectivity index (χ0) is 12.9. The lowest BCUT2D eigenvalue weighted by Gasteiger charge is -2.20. The van der Waals surface area contributed by atoms with Crippen molar-refractivity contribution in [3.63, 3.8) is 0 Å². The van der Waals surface area contributed by atoms with Crippen LogP contribution < -0.4 is 0 Å². The first kappa shape index (κ1) is 12.0. The number of nitrogens with zero attached hydrogens (tertiary/aromatic N) is 1. The Balaban J connectivity index is 2.32. The van der Waals surface area contributed by atoms with E-state index in [2.05, 4.69) is 4.99 Å². The number of aliphatic imine (C=N–C) groups is 1. The highest BCUT2D eigenvalue weighted by molar-refractivity contribution is 14.1. The van der Waals surface area contributed by atoms with Crippen LogP contribution in [0.5, 0.6) is 0 Å². The van der Waals surface area contributed by atoms with E-state index in [1.165, 1.54) is 0 Å². The zero-order valence-corrected chi connectivity index (χ0v) is 11.2. The summed E-state index contributed by atoms with van der Waals surface area (Å²) in [4.78, 5) is 4.28. The van der Waals surface area contributed by atoms with Gasteiger partial charge in [0.05, 0.1) is 17.0 Å². The fourth-order valence-corrected chi connectivity index (χ4v) is 3.05. The molecule has 5 heteroatoms. The third-order valence-electron chi connectivity index (χ3n) is 2.96. The Bertz CT molecular complexity index is 623. The van der Waals surface area contributed by atoms with Gasteiger partial charge in [-0.15, -0.1) is 0 Å². The second kappa shape index (κ2) is 3.94. The molecule has 0 aromatic heterocycles. The predicted molar refractivity (Wildman–Crippen MR) is 73.2 cm³/mol. The Kier molecular flexibility index (Phi) is 2.62. The van der Waals surface area contributed by atoms with Crippen LogP contribution in [0.4, 0.5) is 18.9 Å². The molecule has 1 nitrogen and oxygen atoms in total. The number of hydrogen-bond donors (Lipinski definition) is 0. The van der Waals surface area contributed by atoms with Crippen LogP contribution in [-0.2, 0) is 0 Å². The number of allylic oxidation sites excluding steroid dienone is 4. The van der Waals surface area contributed by atoms with Crippen molar-refractivity contribution < 1.29 is 13.2 Å². The molecule has 0 saturated heterocycles. The summed E-state index contributed by atoms with van der Waals surface area (Å²) in [7, 11) is 0. The Labute approximate surface area is 115 Å². The summed E-state index contributed by atoms with van der Waals surface area (Å²) in [6, 6.07) is 6.96. The van der Waals surface area contributed by atoms with Crippen molar-refractivity contribution >= 4 is 39.6 Å². The van der Waals surface area contributed by atoms with Crippen LogP contribution in [-0.4, -0.2) is 11.9 Å². The maximum Gasteiger partial charge on any atom is 0.418 e. The molecule has 1 heterocycles. The third-order valence-corrected chi connectivity index (χ3v) is 3.94. The van der Waals surface area contributed by atoms with Crippen molar-refractivity contribution in [2.75, 3.05) is 0 Å². The quantitative estimate of drug-likeness (QED) is 0.588. The van der Waals surface area contributed by atoms with Crippen molar-refractivity contribution in [3.05, 3.63) is 45.1 Å². The van der Waals surface area contributed by atoms with E-state index in [-0.39, 0.29) is 9.15 Å². The smallest absolute Gasteiger partial charge is 0.252 e. The summed E-state index contributed by atoms with van der Waals surface area (Å²) >= 11 is 1.75. The van der Waals surface area contributed by atoms with E-state index in [0.717, 1.165) is 0 Å². The Morgan fingerprint density at radius 2 is 1.89 bits per heavy atom. The molecule has 0 unspecified atom stereocenters. The summed E-state index contributed by atoms with van der Waals surface area (Å²) in [5, 5.41) is 0. The lowest BCUT2D eigenvalue weighted by molar-refractivity contribution is -0.0877. The van der Waals surface area contributed by atoms with Crippen molar-refractivity contribution in [2.45, 2.75) is 12.6 Å². The number of halogens is 4. The number of fused-ring (bicyclic) bond motifs is 3. The molecule has 3 rings (SSSR count). The third kappa shape index (κ3) is 1.72. The number of para-hydroxylation sites is 1. The van der Waals surface area contributed by atoms with Gasteiger partial charge in [0.15, 0.2) is 0 Å². The zero-order valence-electron chi connectivity index (χ0n) is 9.05. The van der Waals surface area contributed by atoms with Crippen molar-refractivity contribution in [2.24, 2.45) is 4.99 Å². The van der Waals surface area contributed by atoms with Gasteiger partial charge in [0, 0.05) is 21.1 Å².